The van der Waals surface area contributed by atoms with Crippen LogP contribution in [0.2, 0.25) is 5.15 Å². The number of carbonyl (C=O) groups excluding carboxylic acids is 1. The van der Waals surface area contributed by atoms with E-state index in [9.17, 15) is 4.79 Å². The molecule has 2 rings (SSSR count). The Kier molecular flexibility index (Phi) is 4.11. The lowest BCUT2D eigenvalue weighted by molar-refractivity contribution is 0.0949. The van der Waals surface area contributed by atoms with Crippen LogP contribution in [0.4, 0.5) is 0 Å². The fourth-order valence-electron chi connectivity index (χ4n) is 1.59. The first-order valence-corrected chi connectivity index (χ1v) is 6.25. The molecular formula is C12H14ClN5O. The Balaban J connectivity index is 2.05. The minimum absolute atomic E-state index is 0.216. The van der Waals surface area contributed by atoms with E-state index >= 15 is 0 Å². The molecule has 0 atom stereocenters. The number of amides is 1. The molecule has 0 bridgehead atoms. The van der Waals surface area contributed by atoms with E-state index < -0.39 is 0 Å². The number of hydrogen-bond donors (Lipinski definition) is 1. The summed E-state index contributed by atoms with van der Waals surface area (Å²) in [5, 5.41) is 7.14. The van der Waals surface area contributed by atoms with Gasteiger partial charge in [-0.25, -0.2) is 9.97 Å². The lowest BCUT2D eigenvalue weighted by Crippen LogP contribution is -2.23. The summed E-state index contributed by atoms with van der Waals surface area (Å²) in [4.78, 5) is 20.1. The number of hydrogen-bond acceptors (Lipinski definition) is 4. The van der Waals surface area contributed by atoms with Crippen LogP contribution in [0.3, 0.4) is 0 Å². The van der Waals surface area contributed by atoms with Crippen LogP contribution >= 0.6 is 11.6 Å². The summed E-state index contributed by atoms with van der Waals surface area (Å²) in [7, 11) is 1.77. The van der Waals surface area contributed by atoms with Gasteiger partial charge in [-0.05, 0) is 18.6 Å². The van der Waals surface area contributed by atoms with E-state index in [2.05, 4.69) is 20.4 Å². The number of aromatic nitrogens is 4. The fraction of sp³-hybridized carbons (Fsp3) is 0.333. The van der Waals surface area contributed by atoms with E-state index in [1.54, 1.807) is 30.2 Å². The van der Waals surface area contributed by atoms with Crippen molar-refractivity contribution in [1.29, 1.82) is 0 Å². The molecule has 19 heavy (non-hydrogen) atoms. The van der Waals surface area contributed by atoms with E-state index in [-0.39, 0.29) is 12.5 Å². The average Bonchev–Trinajstić information content (AvgIpc) is 2.81. The van der Waals surface area contributed by atoms with Crippen molar-refractivity contribution in [3.05, 3.63) is 40.7 Å². The molecule has 6 nitrogen and oxygen atoms in total. The van der Waals surface area contributed by atoms with E-state index in [1.165, 1.54) is 0 Å². The Hall–Kier alpha value is -1.95. The van der Waals surface area contributed by atoms with Crippen LogP contribution < -0.4 is 5.32 Å². The van der Waals surface area contributed by atoms with Gasteiger partial charge in [0.2, 0.25) is 0 Å². The van der Waals surface area contributed by atoms with Crippen molar-refractivity contribution in [2.75, 3.05) is 0 Å². The molecular weight excluding hydrogens is 266 g/mol. The third-order valence-electron chi connectivity index (χ3n) is 2.53. The summed E-state index contributed by atoms with van der Waals surface area (Å²) >= 11 is 5.87. The molecule has 7 heteroatoms. The Morgan fingerprint density at radius 3 is 2.89 bits per heavy atom. The highest BCUT2D eigenvalue weighted by molar-refractivity contribution is 6.29. The van der Waals surface area contributed by atoms with Crippen molar-refractivity contribution in [3.8, 4) is 0 Å². The summed E-state index contributed by atoms with van der Waals surface area (Å²) in [6.45, 7) is 2.24. The molecule has 0 aromatic carbocycles. The Morgan fingerprint density at radius 2 is 2.26 bits per heavy atom. The number of nitrogens with zero attached hydrogens (tertiary/aromatic N) is 4. The molecule has 0 saturated carbocycles. The standard InChI is InChI=1S/C12H14ClN5O/c1-3-9-4-8(5-10(13)16-9)12(19)14-6-11-15-7-18(2)17-11/h4-5,7H,3,6H2,1-2H3,(H,14,19). The molecule has 2 aromatic rings. The molecule has 1 N–H and O–H groups in total. The molecule has 0 fully saturated rings. The molecule has 100 valence electrons. The van der Waals surface area contributed by atoms with Crippen LogP contribution in [0.5, 0.6) is 0 Å². The van der Waals surface area contributed by atoms with Crippen molar-refractivity contribution < 1.29 is 4.79 Å². The molecule has 0 aliphatic carbocycles. The normalized spacial score (nSPS) is 10.5. The topological polar surface area (TPSA) is 72.7 Å². The van der Waals surface area contributed by atoms with Crippen LogP contribution in [0.15, 0.2) is 18.5 Å². The highest BCUT2D eigenvalue weighted by Gasteiger charge is 2.09. The SMILES string of the molecule is CCc1cc(C(=O)NCc2ncn(C)n2)cc(Cl)n1. The van der Waals surface area contributed by atoms with Gasteiger partial charge in [-0.1, -0.05) is 18.5 Å². The zero-order chi connectivity index (χ0) is 13.8. The zero-order valence-corrected chi connectivity index (χ0v) is 11.5. The first-order valence-electron chi connectivity index (χ1n) is 5.87. The molecule has 0 saturated heterocycles. The summed E-state index contributed by atoms with van der Waals surface area (Å²) < 4.78 is 1.58. The van der Waals surface area contributed by atoms with Gasteiger partial charge in [0, 0.05) is 18.3 Å². The highest BCUT2D eigenvalue weighted by atomic mass is 35.5. The first kappa shape index (κ1) is 13.5. The minimum atomic E-state index is -0.216. The van der Waals surface area contributed by atoms with E-state index in [0.29, 0.717) is 16.5 Å². The third kappa shape index (κ3) is 3.51. The van der Waals surface area contributed by atoms with Gasteiger partial charge < -0.3 is 5.32 Å². The minimum Gasteiger partial charge on any atom is -0.345 e. The average molecular weight is 280 g/mol. The Morgan fingerprint density at radius 1 is 1.47 bits per heavy atom. The predicted molar refractivity (Wildman–Crippen MR) is 70.8 cm³/mol. The van der Waals surface area contributed by atoms with Crippen LogP contribution in [0, 0.1) is 0 Å². The second-order valence-corrected chi connectivity index (χ2v) is 4.43. The molecule has 0 aliphatic rings. The van der Waals surface area contributed by atoms with Crippen molar-refractivity contribution in [2.45, 2.75) is 19.9 Å². The number of carbonyl (C=O) groups is 1. The van der Waals surface area contributed by atoms with E-state index in [0.717, 1.165) is 12.1 Å². The van der Waals surface area contributed by atoms with Gasteiger partial charge in [0.15, 0.2) is 5.82 Å². The second-order valence-electron chi connectivity index (χ2n) is 4.04. The molecule has 0 unspecified atom stereocenters. The maximum Gasteiger partial charge on any atom is 0.251 e. The van der Waals surface area contributed by atoms with E-state index in [1.807, 2.05) is 6.92 Å². The zero-order valence-electron chi connectivity index (χ0n) is 10.7. The van der Waals surface area contributed by atoms with Gasteiger partial charge in [0.1, 0.15) is 11.5 Å². The number of aryl methyl sites for hydroxylation is 2. The molecule has 2 heterocycles. The van der Waals surface area contributed by atoms with Crippen molar-refractivity contribution in [3.63, 3.8) is 0 Å². The van der Waals surface area contributed by atoms with Crippen LogP contribution in [0.1, 0.15) is 28.8 Å². The van der Waals surface area contributed by atoms with E-state index in [4.69, 9.17) is 11.6 Å². The molecule has 2 aromatic heterocycles. The lowest BCUT2D eigenvalue weighted by atomic mass is 10.2. The van der Waals surface area contributed by atoms with Gasteiger partial charge in [0.05, 0.1) is 6.54 Å². The molecule has 0 radical (unpaired) electrons. The predicted octanol–water partition coefficient (Wildman–Crippen LogP) is 1.36. The van der Waals surface area contributed by atoms with Crippen molar-refractivity contribution >= 4 is 17.5 Å². The summed E-state index contributed by atoms with van der Waals surface area (Å²) in [5.74, 6) is 0.346. The lowest BCUT2D eigenvalue weighted by Gasteiger charge is -2.05. The monoisotopic (exact) mass is 279 g/mol. The van der Waals surface area contributed by atoms with Crippen LogP contribution in [-0.4, -0.2) is 25.7 Å². The molecule has 0 aliphatic heterocycles. The number of nitrogens with one attached hydrogen (secondary N) is 1. The van der Waals surface area contributed by atoms with Crippen molar-refractivity contribution in [1.82, 2.24) is 25.1 Å². The Bertz CT molecular complexity index is 596. The first-order chi connectivity index (χ1) is 9.08. The fourth-order valence-corrected chi connectivity index (χ4v) is 1.82. The van der Waals surface area contributed by atoms with Crippen LogP contribution in [-0.2, 0) is 20.0 Å². The van der Waals surface area contributed by atoms with Gasteiger partial charge in [-0.15, -0.1) is 0 Å². The van der Waals surface area contributed by atoms with Gasteiger partial charge in [-0.2, -0.15) is 5.10 Å². The summed E-state index contributed by atoms with van der Waals surface area (Å²) in [6, 6.07) is 3.27. The summed E-state index contributed by atoms with van der Waals surface area (Å²) in [5.41, 5.74) is 1.28. The number of halogens is 1. The number of pyridine rings is 1. The number of rotatable bonds is 4. The largest absolute Gasteiger partial charge is 0.345 e. The van der Waals surface area contributed by atoms with Gasteiger partial charge in [-0.3, -0.25) is 9.48 Å². The second kappa shape index (κ2) is 5.79. The smallest absolute Gasteiger partial charge is 0.251 e. The third-order valence-corrected chi connectivity index (χ3v) is 2.72. The highest BCUT2D eigenvalue weighted by Crippen LogP contribution is 2.11. The van der Waals surface area contributed by atoms with Gasteiger partial charge in [0.25, 0.3) is 5.91 Å². The van der Waals surface area contributed by atoms with Gasteiger partial charge >= 0.3 is 0 Å². The molecule has 0 spiro atoms. The Labute approximate surface area is 115 Å². The quantitative estimate of drug-likeness (QED) is 0.858. The molecule has 1 amide bonds. The van der Waals surface area contributed by atoms with Crippen molar-refractivity contribution in [2.24, 2.45) is 7.05 Å². The maximum atomic E-state index is 12.0. The summed E-state index contributed by atoms with van der Waals surface area (Å²) in [6.07, 6.45) is 2.31. The maximum absolute atomic E-state index is 12.0. The van der Waals surface area contributed by atoms with Crippen LogP contribution in [0.25, 0.3) is 0 Å².